The predicted molar refractivity (Wildman–Crippen MR) is 102 cm³/mol. The van der Waals surface area contributed by atoms with E-state index in [9.17, 15) is 4.39 Å². The lowest BCUT2D eigenvalue weighted by molar-refractivity contribution is 0.612. The second kappa shape index (κ2) is 7.32. The molecule has 0 bridgehead atoms. The molecule has 0 amide bonds. The van der Waals surface area contributed by atoms with Crippen LogP contribution in [0.25, 0.3) is 0 Å². The molecule has 0 spiro atoms. The third-order valence-electron chi connectivity index (χ3n) is 5.13. The first-order valence-corrected chi connectivity index (χ1v) is 9.15. The molecule has 1 saturated carbocycles. The number of nitrogens with one attached hydrogen (secondary N) is 2. The summed E-state index contributed by atoms with van der Waals surface area (Å²) >= 11 is 0. The van der Waals surface area contributed by atoms with Gasteiger partial charge < -0.3 is 15.5 Å². The lowest BCUT2D eigenvalue weighted by atomic mass is 10.1. The molecule has 1 aromatic heterocycles. The first-order chi connectivity index (χ1) is 12.7. The zero-order valence-electron chi connectivity index (χ0n) is 14.9. The van der Waals surface area contributed by atoms with Crippen LogP contribution in [0.15, 0.2) is 53.7 Å². The fraction of sp³-hybridized carbons (Fsp3) is 0.400. The van der Waals surface area contributed by atoms with Crippen LogP contribution in [0.5, 0.6) is 0 Å². The molecular formula is C20H24FN5. The van der Waals surface area contributed by atoms with E-state index in [1.807, 2.05) is 11.0 Å². The van der Waals surface area contributed by atoms with Crippen molar-refractivity contribution in [3.63, 3.8) is 0 Å². The fourth-order valence-corrected chi connectivity index (χ4v) is 3.64. The Morgan fingerprint density at radius 3 is 2.81 bits per heavy atom. The standard InChI is InChI=1S/C20H24FN5/c1-22-20(25-18-12-16(18)14-6-3-2-4-7-14)24-15-9-11-26(13-15)19-17(21)8-5-10-23-19/h2-8,10,15-16,18H,9,11-13H2,1H3,(H2,22,24,25). The van der Waals surface area contributed by atoms with Crippen molar-refractivity contribution in [3.05, 3.63) is 60.0 Å². The summed E-state index contributed by atoms with van der Waals surface area (Å²) in [6.07, 6.45) is 3.70. The Kier molecular flexibility index (Phi) is 4.73. The van der Waals surface area contributed by atoms with Gasteiger partial charge in [-0.1, -0.05) is 30.3 Å². The minimum atomic E-state index is -0.264. The quantitative estimate of drug-likeness (QED) is 0.655. The van der Waals surface area contributed by atoms with Crippen molar-refractivity contribution < 1.29 is 4.39 Å². The summed E-state index contributed by atoms with van der Waals surface area (Å²) in [5.41, 5.74) is 1.37. The largest absolute Gasteiger partial charge is 0.353 e. The molecule has 4 rings (SSSR count). The molecule has 1 aliphatic heterocycles. The van der Waals surface area contributed by atoms with Crippen molar-refractivity contribution in [2.75, 3.05) is 25.0 Å². The Bertz CT molecular complexity index is 779. The van der Waals surface area contributed by atoms with Crippen LogP contribution in [0.2, 0.25) is 0 Å². The Labute approximate surface area is 153 Å². The van der Waals surface area contributed by atoms with Crippen LogP contribution in [0.3, 0.4) is 0 Å². The van der Waals surface area contributed by atoms with E-state index >= 15 is 0 Å². The number of halogens is 1. The maximum Gasteiger partial charge on any atom is 0.191 e. The Balaban J connectivity index is 1.31. The minimum Gasteiger partial charge on any atom is -0.353 e. The van der Waals surface area contributed by atoms with Gasteiger partial charge in [0, 0.05) is 44.3 Å². The van der Waals surface area contributed by atoms with Crippen LogP contribution < -0.4 is 15.5 Å². The first kappa shape index (κ1) is 16.8. The summed E-state index contributed by atoms with van der Waals surface area (Å²) in [4.78, 5) is 10.5. The number of guanidine groups is 1. The molecule has 26 heavy (non-hydrogen) atoms. The van der Waals surface area contributed by atoms with Crippen LogP contribution in [0.1, 0.15) is 24.3 Å². The monoisotopic (exact) mass is 353 g/mol. The van der Waals surface area contributed by atoms with Gasteiger partial charge >= 0.3 is 0 Å². The molecule has 2 N–H and O–H groups in total. The summed E-state index contributed by atoms with van der Waals surface area (Å²) in [6, 6.07) is 14.3. The molecule has 2 aliphatic rings. The van der Waals surface area contributed by atoms with Gasteiger partial charge in [0.05, 0.1) is 0 Å². The normalized spacial score (nSPS) is 25.2. The second-order valence-electron chi connectivity index (χ2n) is 6.96. The molecular weight excluding hydrogens is 329 g/mol. The maximum absolute atomic E-state index is 13.9. The first-order valence-electron chi connectivity index (χ1n) is 9.15. The van der Waals surface area contributed by atoms with Crippen LogP contribution in [0, 0.1) is 5.82 Å². The third-order valence-corrected chi connectivity index (χ3v) is 5.13. The molecule has 1 saturated heterocycles. The average Bonchev–Trinajstić information content (AvgIpc) is 3.29. The van der Waals surface area contributed by atoms with E-state index in [-0.39, 0.29) is 11.9 Å². The van der Waals surface area contributed by atoms with E-state index in [0.717, 1.165) is 31.9 Å². The summed E-state index contributed by atoms with van der Waals surface area (Å²) in [6.45, 7) is 1.51. The van der Waals surface area contributed by atoms with E-state index in [0.29, 0.717) is 17.8 Å². The number of aromatic nitrogens is 1. The number of pyridine rings is 1. The van der Waals surface area contributed by atoms with Gasteiger partial charge in [0.25, 0.3) is 0 Å². The Morgan fingerprint density at radius 2 is 2.04 bits per heavy atom. The highest BCUT2D eigenvalue weighted by molar-refractivity contribution is 5.81. The van der Waals surface area contributed by atoms with Crippen molar-refractivity contribution in [1.29, 1.82) is 0 Å². The molecule has 3 unspecified atom stereocenters. The van der Waals surface area contributed by atoms with Gasteiger partial charge in [-0.25, -0.2) is 9.37 Å². The van der Waals surface area contributed by atoms with Gasteiger partial charge in [-0.3, -0.25) is 4.99 Å². The zero-order chi connectivity index (χ0) is 17.9. The van der Waals surface area contributed by atoms with Gasteiger partial charge in [-0.2, -0.15) is 0 Å². The van der Waals surface area contributed by atoms with Gasteiger partial charge in [-0.15, -0.1) is 0 Å². The Morgan fingerprint density at radius 1 is 1.19 bits per heavy atom. The summed E-state index contributed by atoms with van der Waals surface area (Å²) in [7, 11) is 1.79. The molecule has 0 radical (unpaired) electrons. The van der Waals surface area contributed by atoms with E-state index in [1.54, 1.807) is 19.3 Å². The van der Waals surface area contributed by atoms with Gasteiger partial charge in [-0.05, 0) is 30.5 Å². The highest BCUT2D eigenvalue weighted by atomic mass is 19.1. The zero-order valence-corrected chi connectivity index (χ0v) is 14.9. The molecule has 2 heterocycles. The van der Waals surface area contributed by atoms with Crippen molar-refractivity contribution in [1.82, 2.24) is 15.6 Å². The number of hydrogen-bond donors (Lipinski definition) is 2. The SMILES string of the molecule is CN=C(NC1CCN(c2ncccc2F)C1)NC1CC1c1ccccc1. The lowest BCUT2D eigenvalue weighted by Gasteiger charge is -2.20. The third kappa shape index (κ3) is 3.64. The molecule has 2 fully saturated rings. The number of nitrogens with zero attached hydrogens (tertiary/aromatic N) is 3. The van der Waals surface area contributed by atoms with Gasteiger partial charge in [0.2, 0.25) is 0 Å². The van der Waals surface area contributed by atoms with Crippen LogP contribution in [-0.4, -0.2) is 43.2 Å². The van der Waals surface area contributed by atoms with E-state index in [1.165, 1.54) is 11.6 Å². The summed E-state index contributed by atoms with van der Waals surface area (Å²) in [5.74, 6) is 1.55. The van der Waals surface area contributed by atoms with E-state index in [2.05, 4.69) is 44.9 Å². The van der Waals surface area contributed by atoms with Gasteiger partial charge in [0.1, 0.15) is 0 Å². The summed E-state index contributed by atoms with van der Waals surface area (Å²) in [5, 5.41) is 6.99. The lowest BCUT2D eigenvalue weighted by Crippen LogP contribution is -2.45. The number of hydrogen-bond acceptors (Lipinski definition) is 3. The highest BCUT2D eigenvalue weighted by Gasteiger charge is 2.39. The van der Waals surface area contributed by atoms with Crippen molar-refractivity contribution in [2.45, 2.75) is 30.8 Å². The minimum absolute atomic E-state index is 0.233. The van der Waals surface area contributed by atoms with Crippen LogP contribution in [0.4, 0.5) is 10.2 Å². The number of rotatable bonds is 4. The topological polar surface area (TPSA) is 52.6 Å². The van der Waals surface area contributed by atoms with E-state index in [4.69, 9.17) is 0 Å². The van der Waals surface area contributed by atoms with Crippen molar-refractivity contribution in [2.24, 2.45) is 4.99 Å². The molecule has 3 atom stereocenters. The highest BCUT2D eigenvalue weighted by Crippen LogP contribution is 2.40. The van der Waals surface area contributed by atoms with Crippen molar-refractivity contribution in [3.8, 4) is 0 Å². The predicted octanol–water partition coefficient (Wildman–Crippen LogP) is 2.52. The number of aliphatic imine (C=N–C) groups is 1. The van der Waals surface area contributed by atoms with E-state index < -0.39 is 0 Å². The number of benzene rings is 1. The smallest absolute Gasteiger partial charge is 0.191 e. The van der Waals surface area contributed by atoms with Gasteiger partial charge in [0.15, 0.2) is 17.6 Å². The summed E-state index contributed by atoms with van der Waals surface area (Å²) < 4.78 is 13.9. The molecule has 1 aromatic carbocycles. The van der Waals surface area contributed by atoms with Crippen LogP contribution in [-0.2, 0) is 0 Å². The maximum atomic E-state index is 13.9. The molecule has 6 heteroatoms. The molecule has 1 aliphatic carbocycles. The number of anilines is 1. The Hall–Kier alpha value is -2.63. The van der Waals surface area contributed by atoms with Crippen LogP contribution >= 0.6 is 0 Å². The van der Waals surface area contributed by atoms with Crippen molar-refractivity contribution >= 4 is 11.8 Å². The molecule has 5 nitrogen and oxygen atoms in total. The fourth-order valence-electron chi connectivity index (χ4n) is 3.64. The molecule has 2 aromatic rings. The molecule has 136 valence electrons. The second-order valence-corrected chi connectivity index (χ2v) is 6.96. The average molecular weight is 353 g/mol.